The van der Waals surface area contributed by atoms with Crippen molar-refractivity contribution in [2.45, 2.75) is 20.4 Å². The van der Waals surface area contributed by atoms with Crippen molar-refractivity contribution in [3.63, 3.8) is 0 Å². The van der Waals surface area contributed by atoms with Crippen LogP contribution in [0.3, 0.4) is 0 Å². The highest BCUT2D eigenvalue weighted by Gasteiger charge is 2.25. The molecule has 0 aliphatic carbocycles. The van der Waals surface area contributed by atoms with Gasteiger partial charge in [-0.3, -0.25) is 14.3 Å². The largest absolute Gasteiger partial charge is 0.481 e. The third kappa shape index (κ3) is 3.58. The predicted molar refractivity (Wildman–Crippen MR) is 61.0 cm³/mol. The molecular weight excluding hydrogens is 222 g/mol. The number of carbonyl (C=O) groups is 2. The highest BCUT2D eigenvalue weighted by atomic mass is 16.4. The lowest BCUT2D eigenvalue weighted by Gasteiger charge is -2.15. The minimum absolute atomic E-state index is 0.260. The molecule has 0 aliphatic rings. The second-order valence-electron chi connectivity index (χ2n) is 4.16. The summed E-state index contributed by atoms with van der Waals surface area (Å²) in [6, 6.07) is 0. The first kappa shape index (κ1) is 13.2. The van der Waals surface area contributed by atoms with Crippen molar-refractivity contribution in [3.8, 4) is 0 Å². The summed E-state index contributed by atoms with van der Waals surface area (Å²) in [6.45, 7) is 3.50. The van der Waals surface area contributed by atoms with Gasteiger partial charge in [0.2, 0.25) is 5.91 Å². The number of carboxylic acids is 1. The van der Waals surface area contributed by atoms with E-state index in [1.54, 1.807) is 31.0 Å². The van der Waals surface area contributed by atoms with Crippen LogP contribution >= 0.6 is 0 Å². The van der Waals surface area contributed by atoms with Crippen LogP contribution in [0.2, 0.25) is 0 Å². The highest BCUT2D eigenvalue weighted by Crippen LogP contribution is 2.11. The van der Waals surface area contributed by atoms with Crippen LogP contribution in [0.1, 0.15) is 19.4 Å². The SMILES string of the molecule is CC(C(=O)O)C(C)C(=O)NCc1cnn(C)c1. The van der Waals surface area contributed by atoms with Crippen LogP contribution in [0.5, 0.6) is 0 Å². The molecule has 6 nitrogen and oxygen atoms in total. The molecule has 0 bridgehead atoms. The summed E-state index contributed by atoms with van der Waals surface area (Å²) in [4.78, 5) is 22.4. The summed E-state index contributed by atoms with van der Waals surface area (Å²) < 4.78 is 1.64. The quantitative estimate of drug-likeness (QED) is 0.778. The van der Waals surface area contributed by atoms with Gasteiger partial charge in [-0.05, 0) is 0 Å². The molecule has 2 unspecified atom stereocenters. The number of amides is 1. The fourth-order valence-electron chi connectivity index (χ4n) is 1.35. The average molecular weight is 239 g/mol. The van der Waals surface area contributed by atoms with Crippen LogP contribution in [0.4, 0.5) is 0 Å². The van der Waals surface area contributed by atoms with E-state index in [-0.39, 0.29) is 5.91 Å². The standard InChI is InChI=1S/C11H17N3O3/c1-7(8(2)11(16)17)10(15)12-4-9-5-13-14(3)6-9/h5-8H,4H2,1-3H3,(H,12,15)(H,16,17). The van der Waals surface area contributed by atoms with Crippen molar-refractivity contribution in [3.05, 3.63) is 18.0 Å². The maximum absolute atomic E-state index is 11.7. The Labute approximate surface area is 99.6 Å². The van der Waals surface area contributed by atoms with E-state index in [4.69, 9.17) is 5.11 Å². The minimum Gasteiger partial charge on any atom is -0.481 e. The van der Waals surface area contributed by atoms with E-state index in [9.17, 15) is 9.59 Å². The predicted octanol–water partition coefficient (Wildman–Crippen LogP) is 0.393. The van der Waals surface area contributed by atoms with Crippen LogP contribution in [-0.2, 0) is 23.2 Å². The molecule has 0 aliphatic heterocycles. The van der Waals surface area contributed by atoms with Crippen molar-refractivity contribution in [2.24, 2.45) is 18.9 Å². The van der Waals surface area contributed by atoms with Crippen molar-refractivity contribution < 1.29 is 14.7 Å². The number of aromatic nitrogens is 2. The van der Waals surface area contributed by atoms with E-state index >= 15 is 0 Å². The molecule has 0 saturated heterocycles. The number of nitrogens with one attached hydrogen (secondary N) is 1. The van der Waals surface area contributed by atoms with Gasteiger partial charge < -0.3 is 10.4 Å². The fraction of sp³-hybridized carbons (Fsp3) is 0.545. The molecule has 1 heterocycles. The number of nitrogens with zero attached hydrogens (tertiary/aromatic N) is 2. The zero-order chi connectivity index (χ0) is 13.0. The lowest BCUT2D eigenvalue weighted by molar-refractivity contribution is -0.146. The smallest absolute Gasteiger partial charge is 0.307 e. The molecule has 0 aromatic carbocycles. The Kier molecular flexibility index (Phi) is 4.25. The first-order valence-electron chi connectivity index (χ1n) is 5.40. The molecule has 17 heavy (non-hydrogen) atoms. The number of hydrogen-bond acceptors (Lipinski definition) is 3. The van der Waals surface area contributed by atoms with Crippen LogP contribution in [-0.4, -0.2) is 26.8 Å². The number of rotatable bonds is 5. The number of aliphatic carboxylic acids is 1. The molecule has 0 spiro atoms. The zero-order valence-corrected chi connectivity index (χ0v) is 10.2. The van der Waals surface area contributed by atoms with Gasteiger partial charge in [-0.15, -0.1) is 0 Å². The number of carbonyl (C=O) groups excluding carboxylic acids is 1. The van der Waals surface area contributed by atoms with E-state index < -0.39 is 17.8 Å². The lowest BCUT2D eigenvalue weighted by atomic mass is 9.95. The van der Waals surface area contributed by atoms with Crippen molar-refractivity contribution >= 4 is 11.9 Å². The molecule has 1 rings (SSSR count). The van der Waals surface area contributed by atoms with Crippen LogP contribution in [0, 0.1) is 11.8 Å². The Morgan fingerprint density at radius 3 is 2.59 bits per heavy atom. The molecule has 0 fully saturated rings. The van der Waals surface area contributed by atoms with Gasteiger partial charge in [0.05, 0.1) is 12.1 Å². The topological polar surface area (TPSA) is 84.2 Å². The third-order valence-electron chi connectivity index (χ3n) is 2.78. The Morgan fingerprint density at radius 2 is 2.12 bits per heavy atom. The van der Waals surface area contributed by atoms with Gasteiger partial charge in [-0.1, -0.05) is 13.8 Å². The monoisotopic (exact) mass is 239 g/mol. The fourth-order valence-corrected chi connectivity index (χ4v) is 1.35. The van der Waals surface area contributed by atoms with Crippen LogP contribution in [0.25, 0.3) is 0 Å². The normalized spacial score (nSPS) is 14.1. The van der Waals surface area contributed by atoms with Gasteiger partial charge in [0.1, 0.15) is 0 Å². The van der Waals surface area contributed by atoms with Gasteiger partial charge in [0.15, 0.2) is 0 Å². The Morgan fingerprint density at radius 1 is 1.47 bits per heavy atom. The van der Waals surface area contributed by atoms with E-state index in [0.717, 1.165) is 5.56 Å². The second kappa shape index (κ2) is 5.47. The Bertz CT molecular complexity index is 414. The molecule has 1 aromatic heterocycles. The zero-order valence-electron chi connectivity index (χ0n) is 10.2. The number of hydrogen-bond donors (Lipinski definition) is 2. The summed E-state index contributed by atoms with van der Waals surface area (Å²) in [7, 11) is 1.79. The molecule has 1 aromatic rings. The molecule has 2 N–H and O–H groups in total. The Balaban J connectivity index is 2.47. The van der Waals surface area contributed by atoms with Gasteiger partial charge in [-0.25, -0.2) is 0 Å². The van der Waals surface area contributed by atoms with Crippen molar-refractivity contribution in [2.75, 3.05) is 0 Å². The number of carboxylic acid groups (broad SMARTS) is 1. The van der Waals surface area contributed by atoms with E-state index in [1.165, 1.54) is 6.92 Å². The summed E-state index contributed by atoms with van der Waals surface area (Å²) in [5.41, 5.74) is 0.885. The van der Waals surface area contributed by atoms with Crippen molar-refractivity contribution in [1.29, 1.82) is 0 Å². The third-order valence-corrected chi connectivity index (χ3v) is 2.78. The van der Waals surface area contributed by atoms with Crippen LogP contribution in [0.15, 0.2) is 12.4 Å². The van der Waals surface area contributed by atoms with Gasteiger partial charge in [0.25, 0.3) is 0 Å². The first-order chi connectivity index (χ1) is 7.91. The summed E-state index contributed by atoms with van der Waals surface area (Å²) in [6.07, 6.45) is 3.46. The number of aryl methyl sites for hydroxylation is 1. The lowest BCUT2D eigenvalue weighted by Crippen LogP contribution is -2.34. The minimum atomic E-state index is -0.964. The van der Waals surface area contributed by atoms with E-state index in [0.29, 0.717) is 6.54 Å². The second-order valence-corrected chi connectivity index (χ2v) is 4.16. The summed E-state index contributed by atoms with van der Waals surface area (Å²) in [5.74, 6) is -2.47. The molecule has 2 atom stereocenters. The van der Waals surface area contributed by atoms with Gasteiger partial charge in [0, 0.05) is 31.3 Å². The summed E-state index contributed by atoms with van der Waals surface area (Å²) >= 11 is 0. The van der Waals surface area contributed by atoms with Gasteiger partial charge in [-0.2, -0.15) is 5.10 Å². The molecule has 94 valence electrons. The Hall–Kier alpha value is -1.85. The van der Waals surface area contributed by atoms with Crippen molar-refractivity contribution in [1.82, 2.24) is 15.1 Å². The molecule has 0 radical (unpaired) electrons. The summed E-state index contributed by atoms with van der Waals surface area (Å²) in [5, 5.41) is 15.5. The van der Waals surface area contributed by atoms with E-state index in [1.807, 2.05) is 0 Å². The highest BCUT2D eigenvalue weighted by molar-refractivity contribution is 5.84. The first-order valence-corrected chi connectivity index (χ1v) is 5.40. The van der Waals surface area contributed by atoms with Gasteiger partial charge >= 0.3 is 5.97 Å². The van der Waals surface area contributed by atoms with E-state index in [2.05, 4.69) is 10.4 Å². The molecule has 6 heteroatoms. The molecule has 1 amide bonds. The average Bonchev–Trinajstić information content (AvgIpc) is 2.69. The maximum Gasteiger partial charge on any atom is 0.307 e. The van der Waals surface area contributed by atoms with Crippen LogP contribution < -0.4 is 5.32 Å². The molecular formula is C11H17N3O3. The maximum atomic E-state index is 11.7. The molecule has 0 saturated carbocycles.